The Bertz CT molecular complexity index is 1140. The number of anilines is 2. The molecule has 2 aliphatic heterocycles. The van der Waals surface area contributed by atoms with Crippen LogP contribution in [0.3, 0.4) is 0 Å². The number of likely N-dealkylation sites (tertiary alicyclic amines) is 1. The molecular formula is C21H22BrFN6O2. The molecule has 2 atom stereocenters. The molecule has 2 aromatic heterocycles. The number of β-amino-alcohol motifs (C(OH)–C–C–N with tert-alkyl or cyclic N) is 1. The standard InChI is InChI=1S/C21H22BrFN6O2/c22-13-3-4-16(23)15(10-13)18-2-1-7-28(18)19-6-9-29-20(26-19)17(11-24-29)25-21(31)27-8-5-14(30)12-27/h3-4,6,9-11,14,18,30H,1-2,5,7-8,12H2,(H,25,31)/t14-,18+/m0/s1. The molecule has 2 aliphatic rings. The molecule has 0 radical (unpaired) electrons. The van der Waals surface area contributed by atoms with Gasteiger partial charge in [0.1, 0.15) is 17.3 Å². The first kappa shape index (κ1) is 20.2. The zero-order valence-corrected chi connectivity index (χ0v) is 18.3. The third kappa shape index (κ3) is 3.85. The Balaban J connectivity index is 1.43. The zero-order chi connectivity index (χ0) is 21.5. The molecule has 5 rings (SSSR count). The molecule has 3 aromatic rings. The molecule has 0 spiro atoms. The van der Waals surface area contributed by atoms with Gasteiger partial charge in [-0.15, -0.1) is 0 Å². The minimum atomic E-state index is -0.482. The Morgan fingerprint density at radius 1 is 1.26 bits per heavy atom. The summed E-state index contributed by atoms with van der Waals surface area (Å²) in [6.07, 6.45) is 5.22. The van der Waals surface area contributed by atoms with Crippen molar-refractivity contribution in [1.82, 2.24) is 19.5 Å². The molecule has 0 saturated carbocycles. The van der Waals surface area contributed by atoms with Gasteiger partial charge in [-0.05, 0) is 43.5 Å². The van der Waals surface area contributed by atoms with Crippen molar-refractivity contribution in [2.24, 2.45) is 0 Å². The average Bonchev–Trinajstić information content (AvgIpc) is 3.49. The monoisotopic (exact) mass is 488 g/mol. The second kappa shape index (κ2) is 8.08. The van der Waals surface area contributed by atoms with E-state index in [1.807, 2.05) is 12.1 Å². The summed E-state index contributed by atoms with van der Waals surface area (Å²) in [5.41, 5.74) is 1.66. The van der Waals surface area contributed by atoms with Gasteiger partial charge in [-0.25, -0.2) is 18.7 Å². The van der Waals surface area contributed by atoms with Crippen molar-refractivity contribution >= 4 is 39.1 Å². The van der Waals surface area contributed by atoms with E-state index in [-0.39, 0.29) is 17.9 Å². The minimum absolute atomic E-state index is 0.112. The number of aromatic nitrogens is 3. The number of rotatable bonds is 3. The van der Waals surface area contributed by atoms with Crippen LogP contribution in [-0.2, 0) is 0 Å². The molecule has 1 aromatic carbocycles. The normalized spacial score (nSPS) is 21.3. The van der Waals surface area contributed by atoms with Gasteiger partial charge in [0.2, 0.25) is 0 Å². The van der Waals surface area contributed by atoms with Crippen molar-refractivity contribution in [3.05, 3.63) is 52.5 Å². The van der Waals surface area contributed by atoms with Gasteiger partial charge < -0.3 is 20.2 Å². The second-order valence-electron chi connectivity index (χ2n) is 7.95. The highest BCUT2D eigenvalue weighted by Gasteiger charge is 2.30. The number of aliphatic hydroxyl groups excluding tert-OH is 1. The Morgan fingerprint density at radius 2 is 2.13 bits per heavy atom. The number of aliphatic hydroxyl groups is 1. The van der Waals surface area contributed by atoms with Gasteiger partial charge >= 0.3 is 6.03 Å². The van der Waals surface area contributed by atoms with Crippen LogP contribution in [0.4, 0.5) is 20.7 Å². The number of hydrogen-bond acceptors (Lipinski definition) is 5. The summed E-state index contributed by atoms with van der Waals surface area (Å²) in [5.74, 6) is 0.480. The van der Waals surface area contributed by atoms with Gasteiger partial charge in [0.25, 0.3) is 0 Å². The van der Waals surface area contributed by atoms with Crippen molar-refractivity contribution in [2.45, 2.75) is 31.4 Å². The van der Waals surface area contributed by atoms with Crippen molar-refractivity contribution in [2.75, 3.05) is 29.9 Å². The fourth-order valence-corrected chi connectivity index (χ4v) is 4.74. The lowest BCUT2D eigenvalue weighted by atomic mass is 10.0. The topological polar surface area (TPSA) is 86.0 Å². The summed E-state index contributed by atoms with van der Waals surface area (Å²) in [6, 6.07) is 6.46. The minimum Gasteiger partial charge on any atom is -0.391 e. The van der Waals surface area contributed by atoms with Crippen LogP contribution >= 0.6 is 15.9 Å². The van der Waals surface area contributed by atoms with Gasteiger partial charge in [-0.3, -0.25) is 0 Å². The van der Waals surface area contributed by atoms with E-state index in [2.05, 4.69) is 31.2 Å². The number of nitrogens with one attached hydrogen (secondary N) is 1. The first-order valence-corrected chi connectivity index (χ1v) is 11.1. The van der Waals surface area contributed by atoms with Crippen molar-refractivity contribution < 1.29 is 14.3 Å². The molecule has 0 unspecified atom stereocenters. The van der Waals surface area contributed by atoms with Gasteiger partial charge in [0, 0.05) is 35.9 Å². The molecule has 2 fully saturated rings. The van der Waals surface area contributed by atoms with Crippen LogP contribution < -0.4 is 10.2 Å². The summed E-state index contributed by atoms with van der Waals surface area (Å²) in [4.78, 5) is 21.0. The molecule has 0 bridgehead atoms. The predicted molar refractivity (Wildman–Crippen MR) is 118 cm³/mol. The van der Waals surface area contributed by atoms with Crippen LogP contribution in [0, 0.1) is 5.82 Å². The highest BCUT2D eigenvalue weighted by Crippen LogP contribution is 2.37. The van der Waals surface area contributed by atoms with Crippen LogP contribution in [0.1, 0.15) is 30.9 Å². The van der Waals surface area contributed by atoms with Crippen molar-refractivity contribution in [3.63, 3.8) is 0 Å². The van der Waals surface area contributed by atoms with Crippen LogP contribution in [0.5, 0.6) is 0 Å². The zero-order valence-electron chi connectivity index (χ0n) is 16.7. The first-order chi connectivity index (χ1) is 15.0. The summed E-state index contributed by atoms with van der Waals surface area (Å²) in [5, 5.41) is 16.8. The molecule has 2 amide bonds. The summed E-state index contributed by atoms with van der Waals surface area (Å²) in [7, 11) is 0. The fraction of sp³-hybridized carbons (Fsp3) is 0.381. The number of amides is 2. The highest BCUT2D eigenvalue weighted by atomic mass is 79.9. The third-order valence-corrected chi connectivity index (χ3v) is 6.40. The molecular weight excluding hydrogens is 467 g/mol. The number of carbonyl (C=O) groups excluding carboxylic acids is 1. The fourth-order valence-electron chi connectivity index (χ4n) is 4.36. The van der Waals surface area contributed by atoms with Crippen LogP contribution in [0.25, 0.3) is 5.65 Å². The number of nitrogens with zero attached hydrogens (tertiary/aromatic N) is 5. The Hall–Kier alpha value is -2.72. The van der Waals surface area contributed by atoms with E-state index in [0.717, 1.165) is 23.9 Å². The maximum absolute atomic E-state index is 14.5. The lowest BCUT2D eigenvalue weighted by Crippen LogP contribution is -2.33. The van der Waals surface area contributed by atoms with Gasteiger partial charge in [0.05, 0.1) is 18.3 Å². The predicted octanol–water partition coefficient (Wildman–Crippen LogP) is 3.57. The van der Waals surface area contributed by atoms with E-state index < -0.39 is 6.10 Å². The lowest BCUT2D eigenvalue weighted by Gasteiger charge is -2.26. The van der Waals surface area contributed by atoms with E-state index in [1.165, 1.54) is 6.07 Å². The first-order valence-electron chi connectivity index (χ1n) is 10.3. The maximum atomic E-state index is 14.5. The van der Waals surface area contributed by atoms with Crippen molar-refractivity contribution in [3.8, 4) is 0 Å². The number of hydrogen-bond donors (Lipinski definition) is 2. The van der Waals surface area contributed by atoms with Crippen LogP contribution in [0.15, 0.2) is 41.1 Å². The highest BCUT2D eigenvalue weighted by molar-refractivity contribution is 9.10. The summed E-state index contributed by atoms with van der Waals surface area (Å²) < 4.78 is 17.0. The molecule has 2 N–H and O–H groups in total. The average molecular weight is 489 g/mol. The van der Waals surface area contributed by atoms with E-state index in [0.29, 0.717) is 42.2 Å². The molecule has 4 heterocycles. The second-order valence-corrected chi connectivity index (χ2v) is 8.86. The van der Waals surface area contributed by atoms with Gasteiger partial charge in [-0.2, -0.15) is 5.10 Å². The number of carbonyl (C=O) groups is 1. The Labute approximate surface area is 186 Å². The van der Waals surface area contributed by atoms with Crippen molar-refractivity contribution in [1.29, 1.82) is 0 Å². The van der Waals surface area contributed by atoms with E-state index in [1.54, 1.807) is 27.9 Å². The van der Waals surface area contributed by atoms with E-state index in [4.69, 9.17) is 4.98 Å². The number of urea groups is 1. The quantitative estimate of drug-likeness (QED) is 0.588. The molecule has 8 nitrogen and oxygen atoms in total. The van der Waals surface area contributed by atoms with Gasteiger partial charge in [-0.1, -0.05) is 15.9 Å². The molecule has 0 aliphatic carbocycles. The Morgan fingerprint density at radius 3 is 2.94 bits per heavy atom. The SMILES string of the molecule is O=C(Nc1cnn2ccc(N3CCC[C@@H]3c3cc(Br)ccc3F)nc12)N1CC[C@H](O)C1. The largest absolute Gasteiger partial charge is 0.391 e. The molecule has 31 heavy (non-hydrogen) atoms. The molecule has 10 heteroatoms. The summed E-state index contributed by atoms with van der Waals surface area (Å²) in [6.45, 7) is 1.59. The summed E-state index contributed by atoms with van der Waals surface area (Å²) >= 11 is 3.44. The van der Waals surface area contributed by atoms with Gasteiger partial charge in [0.15, 0.2) is 5.65 Å². The molecule has 2 saturated heterocycles. The smallest absolute Gasteiger partial charge is 0.322 e. The lowest BCUT2D eigenvalue weighted by molar-refractivity contribution is 0.176. The van der Waals surface area contributed by atoms with E-state index >= 15 is 0 Å². The number of fused-ring (bicyclic) bond motifs is 1. The van der Waals surface area contributed by atoms with E-state index in [9.17, 15) is 14.3 Å². The maximum Gasteiger partial charge on any atom is 0.322 e. The number of benzene rings is 1. The van der Waals surface area contributed by atoms with Crippen LogP contribution in [-0.4, -0.2) is 56.4 Å². The van der Waals surface area contributed by atoms with Crippen LogP contribution in [0.2, 0.25) is 0 Å². The molecule has 162 valence electrons. The Kier molecular flexibility index (Phi) is 5.27. The number of halogens is 2. The third-order valence-electron chi connectivity index (χ3n) is 5.91.